The molecule has 1 atom stereocenters. The van der Waals surface area contributed by atoms with Crippen LogP contribution in [0.25, 0.3) is 0 Å². The van der Waals surface area contributed by atoms with Crippen LogP contribution in [0.1, 0.15) is 12.2 Å². The number of nitrogens with zero attached hydrogens (tertiary/aromatic N) is 3. The molecule has 2 heterocycles. The molecular weight excluding hydrogens is 194 g/mol. The Morgan fingerprint density at radius 3 is 3.00 bits per heavy atom. The predicted octanol–water partition coefficient (Wildman–Crippen LogP) is -1.00. The molecule has 6 heteroatoms. The lowest BCUT2D eigenvalue weighted by Gasteiger charge is -2.39. The summed E-state index contributed by atoms with van der Waals surface area (Å²) in [5.74, 6) is 0.984. The normalized spacial score (nSPS) is 19.8. The van der Waals surface area contributed by atoms with Crippen molar-refractivity contribution in [3.05, 3.63) is 18.1 Å². The Morgan fingerprint density at radius 1 is 1.67 bits per heavy atom. The van der Waals surface area contributed by atoms with E-state index >= 15 is 0 Å². The number of hydrogen-bond acceptors (Lipinski definition) is 5. The van der Waals surface area contributed by atoms with Crippen LogP contribution in [0.4, 0.5) is 5.82 Å². The molecule has 0 aliphatic carbocycles. The summed E-state index contributed by atoms with van der Waals surface area (Å²) < 4.78 is 0. The number of anilines is 1. The zero-order valence-electron chi connectivity index (χ0n) is 8.26. The van der Waals surface area contributed by atoms with Crippen molar-refractivity contribution >= 4 is 11.7 Å². The lowest BCUT2D eigenvalue weighted by Crippen LogP contribution is -2.55. The highest BCUT2D eigenvalue weighted by molar-refractivity contribution is 5.85. The minimum atomic E-state index is -0.311. The van der Waals surface area contributed by atoms with E-state index < -0.39 is 0 Å². The highest BCUT2D eigenvalue weighted by Gasteiger charge is 2.33. The van der Waals surface area contributed by atoms with E-state index in [1.54, 1.807) is 12.3 Å². The van der Waals surface area contributed by atoms with E-state index in [4.69, 9.17) is 11.5 Å². The molecule has 4 N–H and O–H groups in total. The van der Waals surface area contributed by atoms with E-state index in [-0.39, 0.29) is 11.9 Å². The molecule has 1 aromatic heterocycles. The minimum absolute atomic E-state index is 0.231. The van der Waals surface area contributed by atoms with Gasteiger partial charge in [0.2, 0.25) is 5.91 Å². The molecule has 1 amide bonds. The number of carbonyl (C=O) groups excluding carboxylic acids is 1. The van der Waals surface area contributed by atoms with Gasteiger partial charge in [0.15, 0.2) is 0 Å². The van der Waals surface area contributed by atoms with Crippen LogP contribution in [0, 0.1) is 0 Å². The number of nitrogens with two attached hydrogens (primary N) is 2. The molecular formula is C9H13N5O. The first kappa shape index (κ1) is 9.85. The summed E-state index contributed by atoms with van der Waals surface area (Å²) in [7, 11) is 0. The molecule has 1 saturated heterocycles. The van der Waals surface area contributed by atoms with Gasteiger partial charge < -0.3 is 16.4 Å². The summed E-state index contributed by atoms with van der Waals surface area (Å²) in [5, 5.41) is 0. The number of carbonyl (C=O) groups is 1. The molecule has 0 aromatic carbocycles. The first-order chi connectivity index (χ1) is 7.22. The summed E-state index contributed by atoms with van der Waals surface area (Å²) in [6.07, 6.45) is 2.43. The van der Waals surface area contributed by atoms with Crippen molar-refractivity contribution in [2.45, 2.75) is 19.0 Å². The minimum Gasteiger partial charge on any atom is -0.368 e. The Bertz CT molecular complexity index is 381. The number of rotatable bonds is 3. The smallest absolute Gasteiger partial charge is 0.240 e. The summed E-state index contributed by atoms with van der Waals surface area (Å²) in [6, 6.07) is 1.53. The van der Waals surface area contributed by atoms with E-state index in [9.17, 15) is 4.79 Å². The summed E-state index contributed by atoms with van der Waals surface area (Å²) in [6.45, 7) is 1.09. The maximum Gasteiger partial charge on any atom is 0.240 e. The standard InChI is InChI=1S/C9H13N5O/c10-5-7-12-3-1-8(13-7)14-4-2-6(14)9(11)15/h1,3,6H,2,4-5,10H2,(H2,11,15). The number of primary amides is 1. The molecule has 80 valence electrons. The number of aromatic nitrogens is 2. The Balaban J connectivity index is 2.19. The lowest BCUT2D eigenvalue weighted by atomic mass is 10.0. The van der Waals surface area contributed by atoms with Gasteiger partial charge in [0.1, 0.15) is 17.7 Å². The van der Waals surface area contributed by atoms with E-state index in [1.807, 2.05) is 4.90 Å². The average Bonchev–Trinajstić information content (AvgIpc) is 2.15. The summed E-state index contributed by atoms with van der Waals surface area (Å²) in [5.41, 5.74) is 10.7. The van der Waals surface area contributed by atoms with Gasteiger partial charge >= 0.3 is 0 Å². The van der Waals surface area contributed by atoms with Crippen molar-refractivity contribution < 1.29 is 4.79 Å². The van der Waals surface area contributed by atoms with E-state index in [2.05, 4.69) is 9.97 Å². The van der Waals surface area contributed by atoms with E-state index in [0.29, 0.717) is 12.4 Å². The monoisotopic (exact) mass is 207 g/mol. The molecule has 1 aromatic rings. The maximum atomic E-state index is 11.0. The third-order valence-electron chi connectivity index (χ3n) is 2.52. The van der Waals surface area contributed by atoms with Crippen LogP contribution < -0.4 is 16.4 Å². The first-order valence-electron chi connectivity index (χ1n) is 4.80. The fourth-order valence-corrected chi connectivity index (χ4v) is 1.60. The molecule has 1 aliphatic rings. The highest BCUT2D eigenvalue weighted by atomic mass is 16.1. The summed E-state index contributed by atoms with van der Waals surface area (Å²) >= 11 is 0. The van der Waals surface area contributed by atoms with Crippen molar-refractivity contribution in [1.82, 2.24) is 9.97 Å². The molecule has 15 heavy (non-hydrogen) atoms. The zero-order chi connectivity index (χ0) is 10.8. The van der Waals surface area contributed by atoms with Crippen LogP contribution in [-0.2, 0) is 11.3 Å². The van der Waals surface area contributed by atoms with Crippen LogP contribution in [0.2, 0.25) is 0 Å². The van der Waals surface area contributed by atoms with Crippen LogP contribution in [0.15, 0.2) is 12.3 Å². The average molecular weight is 207 g/mol. The molecule has 1 aliphatic heterocycles. The number of amides is 1. The Morgan fingerprint density at radius 2 is 2.47 bits per heavy atom. The molecule has 0 bridgehead atoms. The topological polar surface area (TPSA) is 98.1 Å². The number of hydrogen-bond donors (Lipinski definition) is 2. The fourth-order valence-electron chi connectivity index (χ4n) is 1.60. The van der Waals surface area contributed by atoms with E-state index in [0.717, 1.165) is 18.8 Å². The van der Waals surface area contributed by atoms with Crippen LogP contribution in [0.5, 0.6) is 0 Å². The van der Waals surface area contributed by atoms with Crippen molar-refractivity contribution in [2.24, 2.45) is 11.5 Å². The van der Waals surface area contributed by atoms with Gasteiger partial charge in [0.25, 0.3) is 0 Å². The van der Waals surface area contributed by atoms with Gasteiger partial charge in [-0.3, -0.25) is 4.79 Å². The fraction of sp³-hybridized carbons (Fsp3) is 0.444. The zero-order valence-corrected chi connectivity index (χ0v) is 8.26. The quantitative estimate of drug-likeness (QED) is 0.662. The largest absolute Gasteiger partial charge is 0.368 e. The predicted molar refractivity (Wildman–Crippen MR) is 54.9 cm³/mol. The van der Waals surface area contributed by atoms with Crippen molar-refractivity contribution in [3.8, 4) is 0 Å². The lowest BCUT2D eigenvalue weighted by molar-refractivity contribution is -0.120. The van der Waals surface area contributed by atoms with Crippen molar-refractivity contribution in [3.63, 3.8) is 0 Å². The second-order valence-corrected chi connectivity index (χ2v) is 3.44. The molecule has 0 saturated carbocycles. The van der Waals surface area contributed by atoms with Crippen molar-refractivity contribution in [2.75, 3.05) is 11.4 Å². The third-order valence-corrected chi connectivity index (χ3v) is 2.52. The van der Waals surface area contributed by atoms with Crippen LogP contribution in [0.3, 0.4) is 0 Å². The Hall–Kier alpha value is -1.69. The van der Waals surface area contributed by atoms with Crippen LogP contribution >= 0.6 is 0 Å². The first-order valence-corrected chi connectivity index (χ1v) is 4.80. The van der Waals surface area contributed by atoms with Gasteiger partial charge in [-0.2, -0.15) is 0 Å². The second-order valence-electron chi connectivity index (χ2n) is 3.44. The van der Waals surface area contributed by atoms with Crippen LogP contribution in [-0.4, -0.2) is 28.5 Å². The molecule has 1 unspecified atom stereocenters. The SMILES string of the molecule is NCc1nccc(N2CCC2C(N)=O)n1. The molecule has 0 spiro atoms. The third kappa shape index (κ3) is 1.75. The molecule has 0 radical (unpaired) electrons. The van der Waals surface area contributed by atoms with Gasteiger partial charge in [-0.1, -0.05) is 0 Å². The van der Waals surface area contributed by atoms with Crippen molar-refractivity contribution in [1.29, 1.82) is 0 Å². The Labute approximate surface area is 87.3 Å². The van der Waals surface area contributed by atoms with Gasteiger partial charge in [-0.15, -0.1) is 0 Å². The van der Waals surface area contributed by atoms with Gasteiger partial charge in [0.05, 0.1) is 6.54 Å². The summed E-state index contributed by atoms with van der Waals surface area (Å²) in [4.78, 5) is 21.1. The molecule has 1 fully saturated rings. The van der Waals surface area contributed by atoms with E-state index in [1.165, 1.54) is 0 Å². The molecule has 6 nitrogen and oxygen atoms in total. The van der Waals surface area contributed by atoms with Gasteiger partial charge in [-0.25, -0.2) is 9.97 Å². The van der Waals surface area contributed by atoms with Gasteiger partial charge in [0, 0.05) is 12.7 Å². The molecule has 2 rings (SSSR count). The highest BCUT2D eigenvalue weighted by Crippen LogP contribution is 2.23. The second kappa shape index (κ2) is 3.82. The Kier molecular flexibility index (Phi) is 2.51. The van der Waals surface area contributed by atoms with Gasteiger partial charge in [-0.05, 0) is 12.5 Å². The maximum absolute atomic E-state index is 11.0.